The largest absolute Gasteiger partial charge is 0.466 e. The molecule has 0 aliphatic carbocycles. The smallest absolute Gasteiger partial charge is 0.407 e. The first-order valence-corrected chi connectivity index (χ1v) is 9.39. The number of rotatable bonds is 6. The molecule has 1 aliphatic heterocycles. The highest BCUT2D eigenvalue weighted by Crippen LogP contribution is 2.20. The highest BCUT2D eigenvalue weighted by Gasteiger charge is 2.36. The number of aryl methyl sites for hydroxylation is 1. The van der Waals surface area contributed by atoms with Crippen LogP contribution in [0.5, 0.6) is 5.88 Å². The van der Waals surface area contributed by atoms with Gasteiger partial charge in [0.2, 0.25) is 5.88 Å². The zero-order valence-electron chi connectivity index (χ0n) is 17.2. The van der Waals surface area contributed by atoms with Crippen LogP contribution >= 0.6 is 0 Å². The van der Waals surface area contributed by atoms with Crippen molar-refractivity contribution < 1.29 is 23.8 Å². The topological polar surface area (TPSA) is 103 Å². The minimum absolute atomic E-state index is 0.154. The van der Waals surface area contributed by atoms with Crippen molar-refractivity contribution in [3.8, 4) is 5.88 Å². The Morgan fingerprint density at radius 2 is 2.00 bits per heavy atom. The quantitative estimate of drug-likeness (QED) is 0.783. The highest BCUT2D eigenvalue weighted by atomic mass is 16.6. The lowest BCUT2D eigenvalue weighted by molar-refractivity contribution is -0.139. The molecule has 2 heterocycles. The fourth-order valence-corrected chi connectivity index (χ4v) is 3.12. The van der Waals surface area contributed by atoms with E-state index in [2.05, 4.69) is 15.3 Å². The molecule has 0 saturated carbocycles. The van der Waals surface area contributed by atoms with Crippen molar-refractivity contribution in [3.05, 3.63) is 18.1 Å². The fourth-order valence-electron chi connectivity index (χ4n) is 3.12. The number of ether oxygens (including phenoxy) is 3. The average molecular weight is 394 g/mol. The van der Waals surface area contributed by atoms with Gasteiger partial charge in [0.25, 0.3) is 5.91 Å². The maximum absolute atomic E-state index is 12.8. The maximum atomic E-state index is 12.8. The third kappa shape index (κ3) is 6.33. The van der Waals surface area contributed by atoms with Gasteiger partial charge in [-0.15, -0.1) is 0 Å². The molecular weight excluding hydrogens is 364 g/mol. The monoisotopic (exact) mass is 394 g/mol. The van der Waals surface area contributed by atoms with Crippen LogP contribution in [0.3, 0.4) is 0 Å². The van der Waals surface area contributed by atoms with Gasteiger partial charge in [-0.1, -0.05) is 0 Å². The minimum atomic E-state index is -0.590. The highest BCUT2D eigenvalue weighted by molar-refractivity contribution is 5.78. The van der Waals surface area contributed by atoms with E-state index in [0.717, 1.165) is 12.8 Å². The Morgan fingerprint density at radius 1 is 1.29 bits per heavy atom. The van der Waals surface area contributed by atoms with Crippen LogP contribution < -0.4 is 10.1 Å². The Morgan fingerprint density at radius 3 is 2.64 bits per heavy atom. The Bertz CT molecular complexity index is 677. The fraction of sp³-hybridized carbons (Fsp3) is 0.684. The Labute approximate surface area is 165 Å². The molecule has 1 aromatic rings. The molecule has 1 N–H and O–H groups in total. The van der Waals surface area contributed by atoms with Crippen LogP contribution in [-0.4, -0.2) is 71.4 Å². The number of likely N-dealkylation sites (tertiary alicyclic amines) is 1. The van der Waals surface area contributed by atoms with Gasteiger partial charge in [-0.05, 0) is 40.5 Å². The zero-order chi connectivity index (χ0) is 20.7. The van der Waals surface area contributed by atoms with E-state index in [9.17, 15) is 9.59 Å². The second-order valence-electron chi connectivity index (χ2n) is 7.74. The SMILES string of the molecule is COC[C@H]1[C@@H](NC(=O)OC(C)(C)C)CCCN1C(=O)COc1nccnc1C. The molecule has 1 aromatic heterocycles. The van der Waals surface area contributed by atoms with Gasteiger partial charge in [0.15, 0.2) is 6.61 Å². The molecule has 2 amide bonds. The number of carbonyl (C=O) groups excluding carboxylic acids is 2. The molecule has 1 fully saturated rings. The molecule has 1 saturated heterocycles. The molecule has 1 aliphatic rings. The molecule has 0 radical (unpaired) electrons. The average Bonchev–Trinajstić information content (AvgIpc) is 2.60. The van der Waals surface area contributed by atoms with Crippen LogP contribution in [0, 0.1) is 6.92 Å². The molecule has 156 valence electrons. The number of hydrogen-bond donors (Lipinski definition) is 1. The van der Waals surface area contributed by atoms with Crippen LogP contribution in [0.15, 0.2) is 12.4 Å². The van der Waals surface area contributed by atoms with E-state index >= 15 is 0 Å². The second-order valence-corrected chi connectivity index (χ2v) is 7.74. The third-order valence-corrected chi connectivity index (χ3v) is 4.31. The summed E-state index contributed by atoms with van der Waals surface area (Å²) in [6.07, 6.45) is 4.08. The van der Waals surface area contributed by atoms with Crippen molar-refractivity contribution >= 4 is 12.0 Å². The summed E-state index contributed by atoms with van der Waals surface area (Å²) >= 11 is 0. The lowest BCUT2D eigenvalue weighted by Crippen LogP contribution is -2.60. The van der Waals surface area contributed by atoms with Gasteiger partial charge < -0.3 is 24.4 Å². The molecule has 28 heavy (non-hydrogen) atoms. The number of piperidine rings is 1. The van der Waals surface area contributed by atoms with Gasteiger partial charge in [0, 0.05) is 26.0 Å². The van der Waals surface area contributed by atoms with Crippen LogP contribution in [0.4, 0.5) is 4.79 Å². The van der Waals surface area contributed by atoms with Crippen LogP contribution in [-0.2, 0) is 14.3 Å². The lowest BCUT2D eigenvalue weighted by Gasteiger charge is -2.41. The number of amides is 2. The predicted octanol–water partition coefficient (Wildman–Crippen LogP) is 1.69. The standard InChI is InChI=1S/C19H30N4O5/c1-13-17(21-9-8-20-13)27-12-16(24)23-10-6-7-14(15(23)11-26-5)22-18(25)28-19(2,3)4/h8-9,14-15H,6-7,10-12H2,1-5H3,(H,22,25)/t14-,15-/m0/s1. The van der Waals surface area contributed by atoms with Gasteiger partial charge in [-0.3, -0.25) is 9.78 Å². The molecular formula is C19H30N4O5. The summed E-state index contributed by atoms with van der Waals surface area (Å²) in [5.74, 6) is 0.141. The summed E-state index contributed by atoms with van der Waals surface area (Å²) in [5.41, 5.74) is 0.0276. The van der Waals surface area contributed by atoms with Crippen molar-refractivity contribution in [3.63, 3.8) is 0 Å². The normalized spacial score (nSPS) is 19.8. The van der Waals surface area contributed by atoms with E-state index in [4.69, 9.17) is 14.2 Å². The van der Waals surface area contributed by atoms with E-state index in [-0.39, 0.29) is 24.6 Å². The van der Waals surface area contributed by atoms with Crippen molar-refractivity contribution in [2.24, 2.45) is 0 Å². The zero-order valence-corrected chi connectivity index (χ0v) is 17.2. The minimum Gasteiger partial charge on any atom is -0.466 e. The molecule has 0 unspecified atom stereocenters. The summed E-state index contributed by atoms with van der Waals surface area (Å²) in [6, 6.07) is -0.559. The van der Waals surface area contributed by atoms with Crippen molar-refractivity contribution in [2.45, 2.75) is 58.2 Å². The van der Waals surface area contributed by atoms with Crippen LogP contribution in [0.25, 0.3) is 0 Å². The van der Waals surface area contributed by atoms with Crippen LogP contribution in [0.1, 0.15) is 39.3 Å². The molecule has 2 atom stereocenters. The number of hydrogen-bond acceptors (Lipinski definition) is 7. The summed E-state index contributed by atoms with van der Waals surface area (Å²) < 4.78 is 16.2. The Kier molecular flexibility index (Phi) is 7.56. The third-order valence-electron chi connectivity index (χ3n) is 4.31. The summed E-state index contributed by atoms with van der Waals surface area (Å²) in [5, 5.41) is 2.88. The predicted molar refractivity (Wildman–Crippen MR) is 102 cm³/mol. The van der Waals surface area contributed by atoms with E-state index in [1.165, 1.54) is 6.20 Å². The second kappa shape index (κ2) is 9.68. The molecule has 9 nitrogen and oxygen atoms in total. The van der Waals surface area contributed by atoms with E-state index in [1.54, 1.807) is 25.1 Å². The van der Waals surface area contributed by atoms with E-state index in [0.29, 0.717) is 24.7 Å². The van der Waals surface area contributed by atoms with Crippen LogP contribution in [0.2, 0.25) is 0 Å². The first kappa shape index (κ1) is 21.9. The first-order valence-electron chi connectivity index (χ1n) is 9.39. The van der Waals surface area contributed by atoms with Gasteiger partial charge in [-0.25, -0.2) is 9.78 Å². The van der Waals surface area contributed by atoms with E-state index in [1.807, 2.05) is 20.8 Å². The number of aromatic nitrogens is 2. The van der Waals surface area contributed by atoms with E-state index < -0.39 is 11.7 Å². The number of carbonyl (C=O) groups is 2. The Hall–Kier alpha value is -2.42. The number of alkyl carbamates (subject to hydrolysis) is 1. The molecule has 9 heteroatoms. The summed E-state index contributed by atoms with van der Waals surface area (Å²) in [7, 11) is 1.57. The number of nitrogens with one attached hydrogen (secondary N) is 1. The van der Waals surface area contributed by atoms with Gasteiger partial charge in [0.05, 0.1) is 24.4 Å². The maximum Gasteiger partial charge on any atom is 0.407 e. The number of nitrogens with zero attached hydrogens (tertiary/aromatic N) is 3. The van der Waals surface area contributed by atoms with Gasteiger partial charge >= 0.3 is 6.09 Å². The summed E-state index contributed by atoms with van der Waals surface area (Å²) in [4.78, 5) is 34.8. The van der Waals surface area contributed by atoms with Crippen molar-refractivity contribution in [1.82, 2.24) is 20.2 Å². The van der Waals surface area contributed by atoms with Gasteiger partial charge in [-0.2, -0.15) is 0 Å². The molecule has 0 bridgehead atoms. The van der Waals surface area contributed by atoms with Crippen molar-refractivity contribution in [2.75, 3.05) is 26.9 Å². The van der Waals surface area contributed by atoms with Crippen molar-refractivity contribution in [1.29, 1.82) is 0 Å². The summed E-state index contributed by atoms with van der Waals surface area (Å²) in [6.45, 7) is 7.91. The Balaban J connectivity index is 2.02. The lowest BCUT2D eigenvalue weighted by atomic mass is 9.96. The molecule has 0 spiro atoms. The number of methoxy groups -OCH3 is 1. The first-order chi connectivity index (χ1) is 13.2. The molecule has 0 aromatic carbocycles. The molecule has 2 rings (SSSR count). The van der Waals surface area contributed by atoms with Gasteiger partial charge in [0.1, 0.15) is 5.60 Å².